The summed E-state index contributed by atoms with van der Waals surface area (Å²) in [5, 5.41) is 8.85. The molecule has 1 aromatic heterocycles. The van der Waals surface area contributed by atoms with Crippen molar-refractivity contribution < 1.29 is 14.3 Å². The highest BCUT2D eigenvalue weighted by Gasteiger charge is 2.33. The number of allylic oxidation sites excluding steroid dienone is 1. The van der Waals surface area contributed by atoms with Gasteiger partial charge in [-0.2, -0.15) is 5.26 Å². The summed E-state index contributed by atoms with van der Waals surface area (Å²) in [6.07, 6.45) is 2.25. The minimum absolute atomic E-state index is 0.0948. The van der Waals surface area contributed by atoms with Crippen LogP contribution >= 0.6 is 11.3 Å². The molecule has 0 amide bonds. The third kappa shape index (κ3) is 4.23. The number of nitriles is 1. The number of carbonyl (C=O) groups excluding carboxylic acids is 1. The average Bonchev–Trinajstić information content (AvgIpc) is 3.16. The van der Waals surface area contributed by atoms with Gasteiger partial charge in [0.1, 0.15) is 11.8 Å². The number of carbonyl (C=O) groups is 1. The summed E-state index contributed by atoms with van der Waals surface area (Å²) in [5.74, 6) is 0.00275. The van der Waals surface area contributed by atoms with Crippen molar-refractivity contribution in [2.75, 3.05) is 13.7 Å². The lowest BCUT2D eigenvalue weighted by atomic mass is 9.95. The zero-order valence-electron chi connectivity index (χ0n) is 18.1. The van der Waals surface area contributed by atoms with Gasteiger partial charge in [0.2, 0.25) is 0 Å². The van der Waals surface area contributed by atoms with Crippen molar-refractivity contribution in [1.82, 2.24) is 4.57 Å². The second-order valence-corrected chi connectivity index (χ2v) is 8.19. The van der Waals surface area contributed by atoms with Crippen LogP contribution in [0, 0.1) is 11.3 Å². The summed E-state index contributed by atoms with van der Waals surface area (Å²) in [5.41, 5.74) is 2.17. The highest BCUT2D eigenvalue weighted by molar-refractivity contribution is 7.07. The second kappa shape index (κ2) is 9.67. The molecule has 0 saturated carbocycles. The second-order valence-electron chi connectivity index (χ2n) is 7.18. The van der Waals surface area contributed by atoms with E-state index in [-0.39, 0.29) is 12.2 Å². The van der Waals surface area contributed by atoms with Gasteiger partial charge in [-0.05, 0) is 24.1 Å². The Hall–Kier alpha value is -3.96. The van der Waals surface area contributed by atoms with Gasteiger partial charge in [-0.3, -0.25) is 9.36 Å². The number of rotatable bonds is 6. The molecule has 1 atom stereocenters. The van der Waals surface area contributed by atoms with Gasteiger partial charge in [-0.15, -0.1) is 0 Å². The summed E-state index contributed by atoms with van der Waals surface area (Å²) in [4.78, 5) is 31.5. The molecule has 0 N–H and O–H groups in total. The standard InChI is InChI=1S/C25H21N3O4S/c1-3-18-21(24(30)31-2)22(16-9-5-4-6-10-16)28-23(29)20(33-25(28)27-18)15-17-11-7-8-12-19(17)32-14-13-26/h4-12,15,22H,3,14H2,1-2H3/b20-15-/t22-/m0/s1. The predicted molar refractivity (Wildman–Crippen MR) is 124 cm³/mol. The van der Waals surface area contributed by atoms with Crippen molar-refractivity contribution in [1.29, 1.82) is 5.26 Å². The van der Waals surface area contributed by atoms with Gasteiger partial charge in [0.25, 0.3) is 5.56 Å². The van der Waals surface area contributed by atoms with E-state index in [9.17, 15) is 9.59 Å². The van der Waals surface area contributed by atoms with Crippen LogP contribution in [0.2, 0.25) is 0 Å². The molecule has 0 unspecified atom stereocenters. The lowest BCUT2D eigenvalue weighted by Crippen LogP contribution is -2.40. The molecule has 1 aliphatic heterocycles. The molecular formula is C25H21N3O4S. The maximum Gasteiger partial charge on any atom is 0.338 e. The van der Waals surface area contributed by atoms with E-state index in [0.29, 0.717) is 38.3 Å². The van der Waals surface area contributed by atoms with Crippen LogP contribution in [0.15, 0.2) is 75.7 Å². The summed E-state index contributed by atoms with van der Waals surface area (Å²) >= 11 is 1.25. The number of hydrogen-bond acceptors (Lipinski definition) is 7. The van der Waals surface area contributed by atoms with Gasteiger partial charge in [0.05, 0.1) is 29.0 Å². The molecule has 0 saturated heterocycles. The van der Waals surface area contributed by atoms with Crippen LogP contribution < -0.4 is 19.6 Å². The molecule has 8 heteroatoms. The number of thiazole rings is 1. The molecule has 7 nitrogen and oxygen atoms in total. The fraction of sp³-hybridized carbons (Fsp3) is 0.200. The van der Waals surface area contributed by atoms with Crippen LogP contribution in [-0.2, 0) is 9.53 Å². The van der Waals surface area contributed by atoms with Crippen molar-refractivity contribution in [2.24, 2.45) is 4.99 Å². The molecule has 0 bridgehead atoms. The molecule has 0 radical (unpaired) electrons. The van der Waals surface area contributed by atoms with Crippen LogP contribution in [0.5, 0.6) is 5.75 Å². The van der Waals surface area contributed by atoms with E-state index in [1.807, 2.05) is 55.5 Å². The van der Waals surface area contributed by atoms with Gasteiger partial charge >= 0.3 is 5.97 Å². The molecule has 1 aliphatic rings. The summed E-state index contributed by atoms with van der Waals surface area (Å²) in [6.45, 7) is 1.82. The van der Waals surface area contributed by atoms with Crippen LogP contribution in [0.1, 0.15) is 30.5 Å². The number of hydrogen-bond donors (Lipinski definition) is 0. The van der Waals surface area contributed by atoms with Crippen LogP contribution in [0.3, 0.4) is 0 Å². The van der Waals surface area contributed by atoms with E-state index in [2.05, 4.69) is 4.99 Å². The van der Waals surface area contributed by atoms with E-state index < -0.39 is 12.0 Å². The van der Waals surface area contributed by atoms with Gasteiger partial charge in [-0.25, -0.2) is 9.79 Å². The molecular weight excluding hydrogens is 438 g/mol. The van der Waals surface area contributed by atoms with Crippen molar-refractivity contribution in [3.05, 3.63) is 96.7 Å². The Morgan fingerprint density at radius 1 is 1.21 bits per heavy atom. The SMILES string of the molecule is CCC1=C(C(=O)OC)[C@H](c2ccccc2)n2c(s/c(=C\c3ccccc3OCC#N)c2=O)=N1. The Bertz CT molecular complexity index is 1450. The zero-order chi connectivity index (χ0) is 23.4. The number of methoxy groups -OCH3 is 1. The largest absolute Gasteiger partial charge is 0.478 e. The van der Waals surface area contributed by atoms with E-state index >= 15 is 0 Å². The van der Waals surface area contributed by atoms with Gasteiger partial charge in [-0.1, -0.05) is 66.8 Å². The van der Waals surface area contributed by atoms with Gasteiger partial charge in [0.15, 0.2) is 11.4 Å². The zero-order valence-corrected chi connectivity index (χ0v) is 19.0. The van der Waals surface area contributed by atoms with Crippen LogP contribution in [0.4, 0.5) is 0 Å². The topological polar surface area (TPSA) is 93.7 Å². The lowest BCUT2D eigenvalue weighted by molar-refractivity contribution is -0.136. The molecule has 0 fully saturated rings. The first-order valence-corrected chi connectivity index (χ1v) is 11.2. The minimum Gasteiger partial charge on any atom is -0.478 e. The number of aromatic nitrogens is 1. The molecule has 33 heavy (non-hydrogen) atoms. The van der Waals surface area contributed by atoms with Crippen molar-refractivity contribution in [3.8, 4) is 11.8 Å². The Kier molecular flexibility index (Phi) is 6.52. The fourth-order valence-corrected chi connectivity index (χ4v) is 4.81. The maximum absolute atomic E-state index is 13.6. The third-order valence-electron chi connectivity index (χ3n) is 5.26. The minimum atomic E-state index is -0.642. The number of fused-ring (bicyclic) bond motifs is 1. The lowest BCUT2D eigenvalue weighted by Gasteiger charge is -2.25. The van der Waals surface area contributed by atoms with Crippen molar-refractivity contribution >= 4 is 23.4 Å². The monoisotopic (exact) mass is 459 g/mol. The number of nitrogens with zero attached hydrogens (tertiary/aromatic N) is 3. The molecule has 2 aromatic carbocycles. The highest BCUT2D eigenvalue weighted by atomic mass is 32.1. The predicted octanol–water partition coefficient (Wildman–Crippen LogP) is 2.70. The van der Waals surface area contributed by atoms with E-state index in [1.54, 1.807) is 22.8 Å². The number of benzene rings is 2. The Labute approximate surface area is 194 Å². The number of para-hydroxylation sites is 1. The Morgan fingerprint density at radius 3 is 2.64 bits per heavy atom. The van der Waals surface area contributed by atoms with Crippen LogP contribution in [-0.4, -0.2) is 24.3 Å². The van der Waals surface area contributed by atoms with E-state index in [1.165, 1.54) is 18.4 Å². The fourth-order valence-electron chi connectivity index (χ4n) is 3.80. The smallest absolute Gasteiger partial charge is 0.338 e. The number of ether oxygens (including phenoxy) is 2. The molecule has 0 aliphatic carbocycles. The van der Waals surface area contributed by atoms with Crippen molar-refractivity contribution in [2.45, 2.75) is 19.4 Å². The summed E-state index contributed by atoms with van der Waals surface area (Å²) in [7, 11) is 1.33. The normalized spacial score (nSPS) is 15.4. The summed E-state index contributed by atoms with van der Waals surface area (Å²) in [6, 6.07) is 17.9. The van der Waals surface area contributed by atoms with Gasteiger partial charge < -0.3 is 9.47 Å². The quantitative estimate of drug-likeness (QED) is 0.529. The van der Waals surface area contributed by atoms with Crippen LogP contribution in [0.25, 0.3) is 6.08 Å². The molecule has 3 aromatic rings. The molecule has 0 spiro atoms. The first kappa shape index (κ1) is 22.2. The van der Waals surface area contributed by atoms with Gasteiger partial charge in [0, 0.05) is 5.56 Å². The first-order chi connectivity index (χ1) is 16.1. The first-order valence-electron chi connectivity index (χ1n) is 10.4. The maximum atomic E-state index is 13.6. The number of esters is 1. The Balaban J connectivity index is 1.96. The average molecular weight is 460 g/mol. The molecule has 166 valence electrons. The van der Waals surface area contributed by atoms with E-state index in [0.717, 1.165) is 5.56 Å². The molecule has 2 heterocycles. The highest BCUT2D eigenvalue weighted by Crippen LogP contribution is 2.31. The third-order valence-corrected chi connectivity index (χ3v) is 6.25. The van der Waals surface area contributed by atoms with E-state index in [4.69, 9.17) is 14.7 Å². The Morgan fingerprint density at radius 2 is 1.94 bits per heavy atom. The van der Waals surface area contributed by atoms with Crippen molar-refractivity contribution in [3.63, 3.8) is 0 Å². The summed E-state index contributed by atoms with van der Waals surface area (Å²) < 4.78 is 12.6. The molecule has 4 rings (SSSR count).